The Kier molecular flexibility index (Phi) is 6.11. The SMILES string of the molecule is C=C/C=C(C)\C(=C/N)C(=O)Nc1cnc(-c2cc(-c3nnn(C)n3)ccc2C)cn1. The summed E-state index contributed by atoms with van der Waals surface area (Å²) in [6.45, 7) is 7.38. The Bertz CT molecular complexity index is 1140. The number of aryl methyl sites for hydroxylation is 2. The van der Waals surface area contributed by atoms with E-state index in [1.807, 2.05) is 25.1 Å². The maximum absolute atomic E-state index is 12.4. The van der Waals surface area contributed by atoms with Crippen molar-refractivity contribution in [3.05, 3.63) is 72.2 Å². The number of hydrogen-bond donors (Lipinski definition) is 2. The van der Waals surface area contributed by atoms with Crippen molar-refractivity contribution in [1.29, 1.82) is 0 Å². The highest BCUT2D eigenvalue weighted by Gasteiger charge is 2.13. The Hall–Kier alpha value is -4.14. The van der Waals surface area contributed by atoms with Crippen molar-refractivity contribution in [2.45, 2.75) is 13.8 Å². The van der Waals surface area contributed by atoms with Crippen LogP contribution in [0.1, 0.15) is 12.5 Å². The number of benzene rings is 1. The second-order valence-corrected chi connectivity index (χ2v) is 6.54. The number of carbonyl (C=O) groups is 1. The molecule has 0 aliphatic rings. The molecule has 0 atom stereocenters. The predicted molar refractivity (Wildman–Crippen MR) is 115 cm³/mol. The number of nitrogens with one attached hydrogen (secondary N) is 1. The molecule has 9 nitrogen and oxygen atoms in total. The van der Waals surface area contributed by atoms with Gasteiger partial charge in [0.1, 0.15) is 0 Å². The zero-order chi connectivity index (χ0) is 21.7. The number of rotatable bonds is 6. The molecule has 1 aromatic carbocycles. The number of anilines is 1. The van der Waals surface area contributed by atoms with Gasteiger partial charge in [-0.1, -0.05) is 30.9 Å². The molecule has 3 N–H and O–H groups in total. The van der Waals surface area contributed by atoms with Gasteiger partial charge in [-0.2, -0.15) is 4.80 Å². The second-order valence-electron chi connectivity index (χ2n) is 6.54. The molecule has 0 radical (unpaired) electrons. The Morgan fingerprint density at radius 2 is 2.07 bits per heavy atom. The van der Waals surface area contributed by atoms with Gasteiger partial charge in [-0.15, -0.1) is 10.2 Å². The van der Waals surface area contributed by atoms with Gasteiger partial charge >= 0.3 is 0 Å². The lowest BCUT2D eigenvalue weighted by atomic mass is 10.0. The Morgan fingerprint density at radius 3 is 2.67 bits per heavy atom. The molecular formula is C21H22N8O. The first-order valence-electron chi connectivity index (χ1n) is 9.13. The number of nitrogens with two attached hydrogens (primary N) is 1. The fourth-order valence-electron chi connectivity index (χ4n) is 2.80. The lowest BCUT2D eigenvalue weighted by Gasteiger charge is -2.10. The summed E-state index contributed by atoms with van der Waals surface area (Å²) in [5.41, 5.74) is 10.0. The maximum Gasteiger partial charge on any atom is 0.258 e. The van der Waals surface area contributed by atoms with E-state index in [0.29, 0.717) is 28.5 Å². The molecule has 0 aliphatic heterocycles. The Labute approximate surface area is 174 Å². The van der Waals surface area contributed by atoms with E-state index in [2.05, 4.69) is 37.3 Å². The zero-order valence-corrected chi connectivity index (χ0v) is 17.0. The monoisotopic (exact) mass is 402 g/mol. The molecule has 0 unspecified atom stereocenters. The largest absolute Gasteiger partial charge is 0.404 e. The van der Waals surface area contributed by atoms with Gasteiger partial charge in [0.25, 0.3) is 5.91 Å². The molecule has 152 valence electrons. The van der Waals surface area contributed by atoms with Crippen LogP contribution in [0.3, 0.4) is 0 Å². The molecule has 3 rings (SSSR count). The Balaban J connectivity index is 1.83. The summed E-state index contributed by atoms with van der Waals surface area (Å²) in [7, 11) is 1.71. The van der Waals surface area contributed by atoms with Crippen LogP contribution in [0.15, 0.2) is 66.7 Å². The zero-order valence-electron chi connectivity index (χ0n) is 17.0. The fourth-order valence-corrected chi connectivity index (χ4v) is 2.80. The molecule has 0 bridgehead atoms. The highest BCUT2D eigenvalue weighted by molar-refractivity contribution is 6.06. The van der Waals surface area contributed by atoms with Crippen molar-refractivity contribution in [1.82, 2.24) is 30.2 Å². The molecular weight excluding hydrogens is 380 g/mol. The maximum atomic E-state index is 12.4. The number of carbonyl (C=O) groups excluding carboxylic acids is 1. The summed E-state index contributed by atoms with van der Waals surface area (Å²) in [6, 6.07) is 5.83. The third kappa shape index (κ3) is 4.46. The van der Waals surface area contributed by atoms with Crippen molar-refractivity contribution in [3.63, 3.8) is 0 Å². The third-order valence-electron chi connectivity index (χ3n) is 4.38. The van der Waals surface area contributed by atoms with Crippen LogP contribution in [-0.4, -0.2) is 36.1 Å². The molecule has 0 spiro atoms. The van der Waals surface area contributed by atoms with E-state index in [4.69, 9.17) is 5.73 Å². The Morgan fingerprint density at radius 1 is 1.27 bits per heavy atom. The summed E-state index contributed by atoms with van der Waals surface area (Å²) in [5, 5.41) is 14.8. The summed E-state index contributed by atoms with van der Waals surface area (Å²) >= 11 is 0. The smallest absolute Gasteiger partial charge is 0.258 e. The molecule has 0 saturated heterocycles. The van der Waals surface area contributed by atoms with Crippen LogP contribution in [0.4, 0.5) is 5.82 Å². The molecule has 30 heavy (non-hydrogen) atoms. The van der Waals surface area contributed by atoms with E-state index in [-0.39, 0.29) is 5.91 Å². The first-order valence-corrected chi connectivity index (χ1v) is 9.13. The average molecular weight is 402 g/mol. The van der Waals surface area contributed by atoms with E-state index in [0.717, 1.165) is 16.7 Å². The highest BCUT2D eigenvalue weighted by atomic mass is 16.1. The summed E-state index contributed by atoms with van der Waals surface area (Å²) in [4.78, 5) is 22.6. The van der Waals surface area contributed by atoms with Crippen LogP contribution < -0.4 is 11.1 Å². The van der Waals surface area contributed by atoms with Gasteiger partial charge in [-0.05, 0) is 36.3 Å². The standard InChI is InChI=1S/C21H22N8O/c1-5-6-13(2)17(10-22)21(30)25-19-12-23-18(11-24-19)16-9-15(8-7-14(16)3)20-26-28-29(4)27-20/h5-12H,1,22H2,2-4H3,(H,24,25,30)/b13-6-,17-10+. The van der Waals surface area contributed by atoms with Gasteiger partial charge in [0.15, 0.2) is 5.82 Å². The lowest BCUT2D eigenvalue weighted by Crippen LogP contribution is -2.17. The van der Waals surface area contributed by atoms with Gasteiger partial charge in [-0.25, -0.2) is 4.98 Å². The molecule has 9 heteroatoms. The molecule has 1 amide bonds. The average Bonchev–Trinajstić information content (AvgIpc) is 3.16. The van der Waals surface area contributed by atoms with E-state index >= 15 is 0 Å². The fraction of sp³-hybridized carbons (Fsp3) is 0.143. The van der Waals surface area contributed by atoms with E-state index in [9.17, 15) is 4.79 Å². The molecule has 3 aromatic rings. The van der Waals surface area contributed by atoms with E-state index in [1.165, 1.54) is 17.2 Å². The summed E-state index contributed by atoms with van der Waals surface area (Å²) in [5.74, 6) is 0.473. The van der Waals surface area contributed by atoms with Crippen molar-refractivity contribution >= 4 is 11.7 Å². The molecule has 0 fully saturated rings. The number of allylic oxidation sites excluding steroid dienone is 2. The molecule has 0 aliphatic carbocycles. The van der Waals surface area contributed by atoms with Crippen LogP contribution >= 0.6 is 0 Å². The minimum Gasteiger partial charge on any atom is -0.404 e. The number of amides is 1. The topological polar surface area (TPSA) is 124 Å². The van der Waals surface area contributed by atoms with Crippen LogP contribution in [0.25, 0.3) is 22.6 Å². The quantitative estimate of drug-likeness (QED) is 0.479. The predicted octanol–water partition coefficient (Wildman–Crippen LogP) is 2.56. The third-order valence-corrected chi connectivity index (χ3v) is 4.38. The van der Waals surface area contributed by atoms with Crippen molar-refractivity contribution in [3.8, 4) is 22.6 Å². The van der Waals surface area contributed by atoms with Gasteiger partial charge < -0.3 is 11.1 Å². The van der Waals surface area contributed by atoms with E-state index < -0.39 is 0 Å². The summed E-state index contributed by atoms with van der Waals surface area (Å²) < 4.78 is 0. The minimum atomic E-state index is -0.373. The second kappa shape index (κ2) is 8.91. The minimum absolute atomic E-state index is 0.318. The number of aromatic nitrogens is 6. The van der Waals surface area contributed by atoms with Gasteiger partial charge in [0.2, 0.25) is 5.82 Å². The van der Waals surface area contributed by atoms with Gasteiger partial charge in [-0.3, -0.25) is 9.78 Å². The lowest BCUT2D eigenvalue weighted by molar-refractivity contribution is -0.112. The number of nitrogens with zero attached hydrogens (tertiary/aromatic N) is 6. The first kappa shape index (κ1) is 20.6. The van der Waals surface area contributed by atoms with Crippen LogP contribution in [-0.2, 0) is 11.8 Å². The number of hydrogen-bond acceptors (Lipinski definition) is 7. The normalized spacial score (nSPS) is 12.0. The first-order chi connectivity index (χ1) is 14.4. The van der Waals surface area contributed by atoms with Crippen LogP contribution in [0.5, 0.6) is 0 Å². The van der Waals surface area contributed by atoms with Crippen molar-refractivity contribution < 1.29 is 4.79 Å². The van der Waals surface area contributed by atoms with Crippen LogP contribution in [0, 0.1) is 6.92 Å². The summed E-state index contributed by atoms with van der Waals surface area (Å²) in [6.07, 6.45) is 7.65. The number of tetrazole rings is 1. The van der Waals surface area contributed by atoms with E-state index in [1.54, 1.807) is 32.3 Å². The van der Waals surface area contributed by atoms with Crippen molar-refractivity contribution in [2.75, 3.05) is 5.32 Å². The van der Waals surface area contributed by atoms with Gasteiger partial charge in [0.05, 0.1) is 30.7 Å². The van der Waals surface area contributed by atoms with Gasteiger partial charge in [0, 0.05) is 17.3 Å². The van der Waals surface area contributed by atoms with Crippen LogP contribution in [0.2, 0.25) is 0 Å². The molecule has 2 heterocycles. The molecule has 2 aromatic heterocycles. The highest BCUT2D eigenvalue weighted by Crippen LogP contribution is 2.26. The molecule has 0 saturated carbocycles. The van der Waals surface area contributed by atoms with Crippen molar-refractivity contribution in [2.24, 2.45) is 12.8 Å².